The van der Waals surface area contributed by atoms with Crippen LogP contribution in [-0.4, -0.2) is 15.6 Å². The highest BCUT2D eigenvalue weighted by Gasteiger charge is 2.18. The zero-order valence-electron chi connectivity index (χ0n) is 10.4. The first-order chi connectivity index (χ1) is 8.90. The number of ketones is 1. The van der Waals surface area contributed by atoms with Gasteiger partial charge in [-0.15, -0.1) is 0 Å². The van der Waals surface area contributed by atoms with Gasteiger partial charge in [0.1, 0.15) is 5.82 Å². The van der Waals surface area contributed by atoms with Crippen LogP contribution < -0.4 is 0 Å². The molecule has 0 aliphatic carbocycles. The summed E-state index contributed by atoms with van der Waals surface area (Å²) in [6.07, 6.45) is -0.00523. The molecule has 2 aromatic rings. The largest absolute Gasteiger partial charge is 0.294 e. The van der Waals surface area contributed by atoms with Crippen molar-refractivity contribution in [2.45, 2.75) is 13.3 Å². The third-order valence-corrected chi connectivity index (χ3v) is 3.55. The van der Waals surface area contributed by atoms with Crippen LogP contribution in [0.3, 0.4) is 0 Å². The Labute approximate surface area is 119 Å². The first-order valence-electron chi connectivity index (χ1n) is 5.56. The highest BCUT2D eigenvalue weighted by atomic mass is 35.5. The molecular weight excluding hydrogens is 290 g/mol. The molecule has 0 aliphatic rings. The maximum atomic E-state index is 13.6. The fourth-order valence-corrected chi connectivity index (χ4v) is 2.22. The van der Waals surface area contributed by atoms with Crippen LogP contribution in [0.5, 0.6) is 0 Å². The molecule has 1 aromatic carbocycles. The quantitative estimate of drug-likeness (QED) is 0.812. The summed E-state index contributed by atoms with van der Waals surface area (Å²) >= 11 is 11.7. The molecule has 0 aliphatic heterocycles. The van der Waals surface area contributed by atoms with Crippen LogP contribution in [0.2, 0.25) is 10.0 Å². The van der Waals surface area contributed by atoms with Crippen molar-refractivity contribution in [3.63, 3.8) is 0 Å². The minimum atomic E-state index is -0.632. The van der Waals surface area contributed by atoms with Crippen LogP contribution in [0.1, 0.15) is 21.7 Å². The fraction of sp³-hybridized carbons (Fsp3) is 0.231. The molecule has 1 aromatic heterocycles. The van der Waals surface area contributed by atoms with E-state index >= 15 is 0 Å². The molecule has 1 heterocycles. The van der Waals surface area contributed by atoms with Crippen molar-refractivity contribution in [3.05, 3.63) is 51.0 Å². The summed E-state index contributed by atoms with van der Waals surface area (Å²) < 4.78 is 15.2. The number of hydrogen-bond donors (Lipinski definition) is 0. The van der Waals surface area contributed by atoms with Gasteiger partial charge in [0.25, 0.3) is 0 Å². The second-order valence-corrected chi connectivity index (χ2v) is 5.01. The first kappa shape index (κ1) is 14.0. The van der Waals surface area contributed by atoms with E-state index in [1.807, 2.05) is 0 Å². The number of carbonyl (C=O) groups excluding carboxylic acids is 1. The number of aryl methyl sites for hydroxylation is 2. The second-order valence-electron chi connectivity index (χ2n) is 4.19. The summed E-state index contributed by atoms with van der Waals surface area (Å²) in [6.45, 7) is 1.75. The van der Waals surface area contributed by atoms with Gasteiger partial charge in [-0.1, -0.05) is 23.2 Å². The average molecular weight is 301 g/mol. The van der Waals surface area contributed by atoms with E-state index in [1.165, 1.54) is 16.8 Å². The lowest BCUT2D eigenvalue weighted by Gasteiger charge is -2.04. The van der Waals surface area contributed by atoms with Gasteiger partial charge in [-0.2, -0.15) is 5.10 Å². The predicted octanol–water partition coefficient (Wildman–Crippen LogP) is 3.60. The van der Waals surface area contributed by atoms with Gasteiger partial charge >= 0.3 is 0 Å². The zero-order chi connectivity index (χ0) is 14.2. The zero-order valence-corrected chi connectivity index (χ0v) is 11.9. The Hall–Kier alpha value is -1.39. The number of nitrogens with zero attached hydrogens (tertiary/aromatic N) is 2. The monoisotopic (exact) mass is 300 g/mol. The Bertz CT molecular complexity index is 652. The highest BCUT2D eigenvalue weighted by Crippen LogP contribution is 2.22. The molecule has 0 radical (unpaired) electrons. The molecule has 6 heteroatoms. The summed E-state index contributed by atoms with van der Waals surface area (Å²) in [5, 5.41) is 4.80. The molecule has 0 atom stereocenters. The molecule has 0 N–H and O–H groups in total. The van der Waals surface area contributed by atoms with Gasteiger partial charge in [0.15, 0.2) is 5.78 Å². The van der Waals surface area contributed by atoms with Crippen molar-refractivity contribution in [3.8, 4) is 0 Å². The van der Waals surface area contributed by atoms with Gasteiger partial charge in [-0.3, -0.25) is 9.48 Å². The number of hydrogen-bond acceptors (Lipinski definition) is 2. The van der Waals surface area contributed by atoms with E-state index in [2.05, 4.69) is 5.10 Å². The van der Waals surface area contributed by atoms with Crippen molar-refractivity contribution in [1.82, 2.24) is 9.78 Å². The predicted molar refractivity (Wildman–Crippen MR) is 72.4 cm³/mol. The lowest BCUT2D eigenvalue weighted by atomic mass is 10.1. The first-order valence-corrected chi connectivity index (χ1v) is 6.32. The molecule has 0 saturated heterocycles. The van der Waals surface area contributed by atoms with E-state index in [-0.39, 0.29) is 22.8 Å². The van der Waals surface area contributed by atoms with Crippen molar-refractivity contribution in [2.75, 3.05) is 0 Å². The molecular formula is C13H11Cl2FN2O. The van der Waals surface area contributed by atoms with E-state index in [1.54, 1.807) is 14.0 Å². The van der Waals surface area contributed by atoms with Crippen molar-refractivity contribution < 1.29 is 9.18 Å². The highest BCUT2D eigenvalue weighted by molar-refractivity contribution is 6.32. The topological polar surface area (TPSA) is 34.9 Å². The molecule has 3 nitrogen and oxygen atoms in total. The average Bonchev–Trinajstić information content (AvgIpc) is 2.56. The molecule has 0 amide bonds. The number of carbonyl (C=O) groups is 1. The normalized spacial score (nSPS) is 10.8. The lowest BCUT2D eigenvalue weighted by Crippen LogP contribution is -2.10. The minimum Gasteiger partial charge on any atom is -0.294 e. The molecule has 0 unspecified atom stereocenters. The second kappa shape index (κ2) is 5.31. The van der Waals surface area contributed by atoms with Crippen LogP contribution in [0.4, 0.5) is 4.39 Å². The van der Waals surface area contributed by atoms with E-state index in [0.29, 0.717) is 16.4 Å². The van der Waals surface area contributed by atoms with Crippen molar-refractivity contribution in [1.29, 1.82) is 0 Å². The Morgan fingerprint density at radius 3 is 2.63 bits per heavy atom. The van der Waals surface area contributed by atoms with E-state index < -0.39 is 5.82 Å². The summed E-state index contributed by atoms with van der Waals surface area (Å²) in [4.78, 5) is 12.1. The Kier molecular flexibility index (Phi) is 3.92. The number of halogens is 3. The molecule has 2 rings (SSSR count). The van der Waals surface area contributed by atoms with Crippen LogP contribution in [-0.2, 0) is 13.5 Å². The minimum absolute atomic E-state index is 0.000630. The van der Waals surface area contributed by atoms with Gasteiger partial charge in [0, 0.05) is 12.1 Å². The van der Waals surface area contributed by atoms with E-state index in [4.69, 9.17) is 23.2 Å². The molecule has 100 valence electrons. The van der Waals surface area contributed by atoms with E-state index in [0.717, 1.165) is 6.07 Å². The van der Waals surface area contributed by atoms with Gasteiger partial charge in [-0.25, -0.2) is 4.39 Å². The Morgan fingerprint density at radius 1 is 1.42 bits per heavy atom. The Morgan fingerprint density at radius 2 is 2.11 bits per heavy atom. The van der Waals surface area contributed by atoms with Gasteiger partial charge in [0.2, 0.25) is 0 Å². The number of aromatic nitrogens is 2. The van der Waals surface area contributed by atoms with Gasteiger partial charge in [0.05, 0.1) is 28.4 Å². The van der Waals surface area contributed by atoms with Crippen LogP contribution in [0.15, 0.2) is 18.2 Å². The molecule has 0 saturated carbocycles. The third-order valence-electron chi connectivity index (χ3n) is 2.82. The van der Waals surface area contributed by atoms with Crippen molar-refractivity contribution in [2.24, 2.45) is 7.05 Å². The van der Waals surface area contributed by atoms with Gasteiger partial charge < -0.3 is 0 Å². The molecule has 0 fully saturated rings. The smallest absolute Gasteiger partial charge is 0.171 e. The van der Waals surface area contributed by atoms with Gasteiger partial charge in [-0.05, 0) is 25.1 Å². The third kappa shape index (κ3) is 2.80. The number of rotatable bonds is 3. The van der Waals surface area contributed by atoms with E-state index in [9.17, 15) is 9.18 Å². The maximum Gasteiger partial charge on any atom is 0.171 e. The van der Waals surface area contributed by atoms with Crippen LogP contribution in [0, 0.1) is 12.7 Å². The summed E-state index contributed by atoms with van der Waals surface area (Å²) in [5.74, 6) is -0.994. The van der Waals surface area contributed by atoms with Crippen LogP contribution in [0.25, 0.3) is 0 Å². The maximum absolute atomic E-state index is 13.6. The summed E-state index contributed by atoms with van der Waals surface area (Å²) in [6, 6.07) is 3.97. The lowest BCUT2D eigenvalue weighted by molar-refractivity contribution is 0.0987. The SMILES string of the molecule is Cc1nn(C)c(CC(=O)c2ccc(Cl)cc2F)c1Cl. The van der Waals surface area contributed by atoms with Crippen molar-refractivity contribution >= 4 is 29.0 Å². The van der Waals surface area contributed by atoms with Crippen LogP contribution >= 0.6 is 23.2 Å². The number of Topliss-reactive ketones (excluding diaryl/α,β-unsaturated/α-hetero) is 1. The molecule has 19 heavy (non-hydrogen) atoms. The summed E-state index contributed by atoms with van der Waals surface area (Å²) in [7, 11) is 1.69. The standard InChI is InChI=1S/C13H11Cl2FN2O/c1-7-13(15)11(18(2)17-7)6-12(19)9-4-3-8(14)5-10(9)16/h3-5H,6H2,1-2H3. The Balaban J connectivity index is 2.31. The number of benzene rings is 1. The molecule has 0 bridgehead atoms. The molecule has 0 spiro atoms. The summed E-state index contributed by atoms with van der Waals surface area (Å²) in [5.41, 5.74) is 1.21. The fourth-order valence-electron chi connectivity index (χ4n) is 1.84.